The molecule has 5 nitrogen and oxygen atoms in total. The Kier molecular flexibility index (Phi) is 3.31. The number of carbonyl (C=O) groups excluding carboxylic acids is 1. The number of para-hydroxylation sites is 1. The number of rotatable bonds is 3. The van der Waals surface area contributed by atoms with Gasteiger partial charge in [-0.25, -0.2) is 4.99 Å². The Morgan fingerprint density at radius 2 is 1.76 bits per heavy atom. The molecule has 1 amide bonds. The largest absolute Gasteiger partial charge is 0.493 e. The second kappa shape index (κ2) is 5.28. The average molecular weight is 282 g/mol. The summed E-state index contributed by atoms with van der Waals surface area (Å²) >= 11 is 0. The van der Waals surface area contributed by atoms with Crippen LogP contribution in [-0.2, 0) is 4.79 Å². The zero-order valence-electron chi connectivity index (χ0n) is 11.7. The van der Waals surface area contributed by atoms with Gasteiger partial charge in [0, 0.05) is 11.6 Å². The highest BCUT2D eigenvalue weighted by Gasteiger charge is 2.25. The number of hydrogen-bond acceptors (Lipinski definition) is 4. The highest BCUT2D eigenvalue weighted by molar-refractivity contribution is 6.54. The molecule has 0 fully saturated rings. The van der Waals surface area contributed by atoms with E-state index in [2.05, 4.69) is 10.3 Å². The molecule has 0 aromatic heterocycles. The summed E-state index contributed by atoms with van der Waals surface area (Å²) in [6.07, 6.45) is 0. The van der Waals surface area contributed by atoms with E-state index in [-0.39, 0.29) is 5.91 Å². The molecule has 3 rings (SSSR count). The number of nitrogens with one attached hydrogen (secondary N) is 1. The van der Waals surface area contributed by atoms with Crippen molar-refractivity contribution >= 4 is 23.0 Å². The average Bonchev–Trinajstić information content (AvgIpc) is 2.83. The Hall–Kier alpha value is -2.82. The lowest BCUT2D eigenvalue weighted by atomic mass is 10.1. The molecule has 2 aromatic carbocycles. The number of fused-ring (bicyclic) bond motifs is 1. The summed E-state index contributed by atoms with van der Waals surface area (Å²) in [7, 11) is 3.14. The quantitative estimate of drug-likeness (QED) is 0.941. The molecule has 1 N–H and O–H groups in total. The van der Waals surface area contributed by atoms with E-state index in [1.54, 1.807) is 32.4 Å². The van der Waals surface area contributed by atoms with E-state index in [1.807, 2.05) is 24.3 Å². The van der Waals surface area contributed by atoms with Crippen molar-refractivity contribution in [1.29, 1.82) is 0 Å². The summed E-state index contributed by atoms with van der Waals surface area (Å²) in [5.74, 6) is 0.995. The smallest absolute Gasteiger partial charge is 0.275 e. The fourth-order valence-electron chi connectivity index (χ4n) is 2.24. The lowest BCUT2D eigenvalue weighted by Gasteiger charge is -2.07. The van der Waals surface area contributed by atoms with Crippen molar-refractivity contribution in [1.82, 2.24) is 0 Å². The van der Waals surface area contributed by atoms with Crippen LogP contribution in [0.15, 0.2) is 47.5 Å². The van der Waals surface area contributed by atoms with Gasteiger partial charge in [-0.05, 0) is 18.2 Å². The first-order chi connectivity index (χ1) is 10.2. The third-order valence-corrected chi connectivity index (χ3v) is 3.25. The van der Waals surface area contributed by atoms with Gasteiger partial charge in [0.05, 0.1) is 25.6 Å². The number of carbonyl (C=O) groups is 1. The molecule has 0 spiro atoms. The van der Waals surface area contributed by atoms with Crippen molar-refractivity contribution in [2.45, 2.75) is 0 Å². The van der Waals surface area contributed by atoms with E-state index >= 15 is 0 Å². The second-order valence-electron chi connectivity index (χ2n) is 4.50. The van der Waals surface area contributed by atoms with Gasteiger partial charge in [0.2, 0.25) is 0 Å². The molecule has 5 heteroatoms. The molecule has 1 aliphatic heterocycles. The predicted molar refractivity (Wildman–Crippen MR) is 80.8 cm³/mol. The fraction of sp³-hybridized carbons (Fsp3) is 0.125. The SMILES string of the molecule is COc1ccc(N=C2C(=O)Nc3ccccc32)cc1OC. The summed E-state index contributed by atoms with van der Waals surface area (Å²) in [5.41, 5.74) is 2.62. The maximum atomic E-state index is 12.0. The zero-order valence-corrected chi connectivity index (χ0v) is 11.7. The maximum absolute atomic E-state index is 12.0. The van der Waals surface area contributed by atoms with Gasteiger partial charge < -0.3 is 14.8 Å². The summed E-state index contributed by atoms with van der Waals surface area (Å²) in [5, 5.41) is 2.79. The van der Waals surface area contributed by atoms with Gasteiger partial charge in [-0.3, -0.25) is 4.79 Å². The van der Waals surface area contributed by atoms with Crippen LogP contribution in [0.25, 0.3) is 0 Å². The third kappa shape index (κ3) is 2.33. The number of amides is 1. The summed E-state index contributed by atoms with van der Waals surface area (Å²) in [6, 6.07) is 12.7. The first-order valence-corrected chi connectivity index (χ1v) is 6.44. The molecule has 0 radical (unpaired) electrons. The van der Waals surface area contributed by atoms with Crippen LogP contribution in [0.2, 0.25) is 0 Å². The van der Waals surface area contributed by atoms with Gasteiger partial charge in [-0.15, -0.1) is 0 Å². The molecule has 0 saturated heterocycles. The normalized spacial score (nSPS) is 14.8. The van der Waals surface area contributed by atoms with Crippen molar-refractivity contribution in [2.75, 3.05) is 19.5 Å². The molecule has 1 aliphatic rings. The van der Waals surface area contributed by atoms with Crippen LogP contribution in [0.3, 0.4) is 0 Å². The third-order valence-electron chi connectivity index (χ3n) is 3.25. The van der Waals surface area contributed by atoms with Gasteiger partial charge in [0.1, 0.15) is 5.71 Å². The molecule has 0 atom stereocenters. The minimum absolute atomic E-state index is 0.203. The fourth-order valence-corrected chi connectivity index (χ4v) is 2.24. The highest BCUT2D eigenvalue weighted by atomic mass is 16.5. The number of benzene rings is 2. The van der Waals surface area contributed by atoms with Gasteiger partial charge in [-0.1, -0.05) is 18.2 Å². The van der Waals surface area contributed by atoms with Crippen molar-refractivity contribution in [3.63, 3.8) is 0 Å². The Bertz CT molecular complexity index is 738. The lowest BCUT2D eigenvalue weighted by Crippen LogP contribution is -2.13. The standard InChI is InChI=1S/C16H14N2O3/c1-20-13-8-7-10(9-14(13)21-2)17-15-11-5-3-4-6-12(11)18-16(15)19/h3-9H,1-2H3,(H,17,18,19). The minimum Gasteiger partial charge on any atom is -0.493 e. The second-order valence-corrected chi connectivity index (χ2v) is 4.50. The number of aliphatic imine (C=N–C) groups is 1. The topological polar surface area (TPSA) is 59.9 Å². The number of methoxy groups -OCH3 is 2. The summed E-state index contributed by atoms with van der Waals surface area (Å²) < 4.78 is 10.4. The van der Waals surface area contributed by atoms with E-state index in [1.165, 1.54) is 0 Å². The Labute approximate surface area is 122 Å². The predicted octanol–water partition coefficient (Wildman–Crippen LogP) is 2.78. The highest BCUT2D eigenvalue weighted by Crippen LogP contribution is 2.32. The van der Waals surface area contributed by atoms with Crippen LogP contribution in [0.1, 0.15) is 5.56 Å². The molecule has 106 valence electrons. The number of ether oxygens (including phenoxy) is 2. The van der Waals surface area contributed by atoms with Crippen LogP contribution in [0.4, 0.5) is 11.4 Å². The summed E-state index contributed by atoms with van der Waals surface area (Å²) in [6.45, 7) is 0. The van der Waals surface area contributed by atoms with Gasteiger partial charge in [-0.2, -0.15) is 0 Å². The first kappa shape index (κ1) is 13.2. The number of hydrogen-bond donors (Lipinski definition) is 1. The number of anilines is 1. The van der Waals surface area contributed by atoms with E-state index < -0.39 is 0 Å². The Morgan fingerprint density at radius 3 is 2.52 bits per heavy atom. The monoisotopic (exact) mass is 282 g/mol. The van der Waals surface area contributed by atoms with Crippen LogP contribution < -0.4 is 14.8 Å². The Balaban J connectivity index is 2.04. The van der Waals surface area contributed by atoms with Crippen LogP contribution in [-0.4, -0.2) is 25.8 Å². The maximum Gasteiger partial charge on any atom is 0.275 e. The van der Waals surface area contributed by atoms with E-state index in [9.17, 15) is 4.79 Å². The van der Waals surface area contributed by atoms with E-state index in [4.69, 9.17) is 9.47 Å². The van der Waals surface area contributed by atoms with Gasteiger partial charge >= 0.3 is 0 Å². The molecular formula is C16H14N2O3. The van der Waals surface area contributed by atoms with E-state index in [0.29, 0.717) is 22.9 Å². The van der Waals surface area contributed by atoms with Crippen LogP contribution in [0.5, 0.6) is 11.5 Å². The molecule has 0 aliphatic carbocycles. The first-order valence-electron chi connectivity index (χ1n) is 6.44. The zero-order chi connectivity index (χ0) is 14.8. The molecule has 1 heterocycles. The van der Waals surface area contributed by atoms with E-state index in [0.717, 1.165) is 11.3 Å². The van der Waals surface area contributed by atoms with Crippen molar-refractivity contribution in [2.24, 2.45) is 4.99 Å². The van der Waals surface area contributed by atoms with Crippen molar-refractivity contribution < 1.29 is 14.3 Å². The van der Waals surface area contributed by atoms with Gasteiger partial charge in [0.25, 0.3) is 5.91 Å². The number of nitrogens with zero attached hydrogens (tertiary/aromatic N) is 1. The van der Waals surface area contributed by atoms with Crippen LogP contribution in [0, 0.1) is 0 Å². The van der Waals surface area contributed by atoms with Gasteiger partial charge in [0.15, 0.2) is 11.5 Å². The molecule has 2 aromatic rings. The molecule has 0 saturated carbocycles. The lowest BCUT2D eigenvalue weighted by molar-refractivity contribution is -0.110. The van der Waals surface area contributed by atoms with Crippen molar-refractivity contribution in [3.05, 3.63) is 48.0 Å². The molecule has 0 unspecified atom stereocenters. The Morgan fingerprint density at radius 1 is 1.00 bits per heavy atom. The van der Waals surface area contributed by atoms with Crippen LogP contribution >= 0.6 is 0 Å². The molecule has 21 heavy (non-hydrogen) atoms. The molecule has 0 bridgehead atoms. The summed E-state index contributed by atoms with van der Waals surface area (Å²) in [4.78, 5) is 16.4. The van der Waals surface area contributed by atoms with Crippen molar-refractivity contribution in [3.8, 4) is 11.5 Å². The minimum atomic E-state index is -0.203. The molecular weight excluding hydrogens is 268 g/mol.